The number of rotatable bonds is 6. The van der Waals surface area contributed by atoms with Gasteiger partial charge in [-0.25, -0.2) is 0 Å². The zero-order valence-electron chi connectivity index (χ0n) is 11.0. The number of benzene rings is 1. The molecular weight excluding hydrogens is 238 g/mol. The molecule has 0 fully saturated rings. The topological polar surface area (TPSA) is 39.2 Å². The molecule has 0 amide bonds. The minimum atomic E-state index is 0.145. The predicted molar refractivity (Wildman–Crippen MR) is 74.2 cm³/mol. The lowest BCUT2D eigenvalue weighted by Crippen LogP contribution is -2.09. The smallest absolute Gasteiger partial charge is 0.142 e. The van der Waals surface area contributed by atoms with Gasteiger partial charge in [0.25, 0.3) is 0 Å². The maximum Gasteiger partial charge on any atom is 0.142 e. The Morgan fingerprint density at radius 1 is 1.21 bits per heavy atom. The predicted octanol–water partition coefficient (Wildman–Crippen LogP) is 2.97. The summed E-state index contributed by atoms with van der Waals surface area (Å²) in [6.07, 6.45) is 2.48. The zero-order valence-corrected chi connectivity index (χ0v) is 11.0. The minimum absolute atomic E-state index is 0.145. The van der Waals surface area contributed by atoms with Gasteiger partial charge in [0.1, 0.15) is 11.5 Å². The summed E-state index contributed by atoms with van der Waals surface area (Å²) >= 11 is 0. The number of ketones is 1. The van der Waals surface area contributed by atoms with Crippen molar-refractivity contribution in [2.45, 2.75) is 19.8 Å². The lowest BCUT2D eigenvalue weighted by atomic mass is 10.1. The van der Waals surface area contributed by atoms with E-state index in [-0.39, 0.29) is 5.78 Å². The number of carbonyl (C=O) groups excluding carboxylic acids is 1. The summed E-state index contributed by atoms with van der Waals surface area (Å²) in [5.41, 5.74) is 1.96. The number of hydrogen-bond donors (Lipinski definition) is 0. The Morgan fingerprint density at radius 3 is 2.84 bits per heavy atom. The molecule has 3 heteroatoms. The van der Waals surface area contributed by atoms with Crippen LogP contribution in [0.15, 0.2) is 48.7 Å². The summed E-state index contributed by atoms with van der Waals surface area (Å²) in [6, 6.07) is 13.4. The van der Waals surface area contributed by atoms with Gasteiger partial charge >= 0.3 is 0 Å². The van der Waals surface area contributed by atoms with Crippen molar-refractivity contribution in [1.29, 1.82) is 0 Å². The van der Waals surface area contributed by atoms with Gasteiger partial charge in [-0.05, 0) is 36.8 Å². The van der Waals surface area contributed by atoms with Gasteiger partial charge < -0.3 is 4.74 Å². The fourth-order valence-corrected chi connectivity index (χ4v) is 1.78. The van der Waals surface area contributed by atoms with Crippen LogP contribution in [0, 0.1) is 6.92 Å². The third-order valence-electron chi connectivity index (χ3n) is 2.74. The molecule has 0 aliphatic carbocycles. The highest BCUT2D eigenvalue weighted by Crippen LogP contribution is 2.12. The molecule has 1 heterocycles. The summed E-state index contributed by atoms with van der Waals surface area (Å²) < 4.78 is 5.55. The Balaban J connectivity index is 1.75. The van der Waals surface area contributed by atoms with E-state index in [1.54, 1.807) is 6.20 Å². The number of hydrogen-bond acceptors (Lipinski definition) is 3. The Labute approximate surface area is 113 Å². The van der Waals surface area contributed by atoms with Gasteiger partial charge in [-0.1, -0.05) is 18.2 Å². The van der Waals surface area contributed by atoms with Crippen LogP contribution in [0.1, 0.15) is 17.7 Å². The summed E-state index contributed by atoms with van der Waals surface area (Å²) in [7, 11) is 0. The lowest BCUT2D eigenvalue weighted by Gasteiger charge is -2.06. The van der Waals surface area contributed by atoms with E-state index in [0.717, 1.165) is 17.0 Å². The monoisotopic (exact) mass is 255 g/mol. The van der Waals surface area contributed by atoms with Crippen molar-refractivity contribution < 1.29 is 9.53 Å². The second kappa shape index (κ2) is 6.69. The summed E-state index contributed by atoms with van der Waals surface area (Å²) in [5.74, 6) is 0.956. The number of aromatic nitrogens is 1. The SMILES string of the molecule is Cc1cccc(OCCC(=O)Cc2ccccn2)c1. The van der Waals surface area contributed by atoms with E-state index in [0.29, 0.717) is 19.4 Å². The molecule has 0 saturated carbocycles. The van der Waals surface area contributed by atoms with E-state index in [4.69, 9.17) is 4.74 Å². The molecule has 0 unspecified atom stereocenters. The van der Waals surface area contributed by atoms with Crippen molar-refractivity contribution in [2.75, 3.05) is 6.61 Å². The van der Waals surface area contributed by atoms with Crippen LogP contribution in [0.4, 0.5) is 0 Å². The molecule has 0 atom stereocenters. The number of ether oxygens (including phenoxy) is 1. The first-order valence-electron chi connectivity index (χ1n) is 6.35. The van der Waals surface area contributed by atoms with Crippen LogP contribution in [-0.2, 0) is 11.2 Å². The van der Waals surface area contributed by atoms with Crippen molar-refractivity contribution in [3.63, 3.8) is 0 Å². The maximum atomic E-state index is 11.7. The number of carbonyl (C=O) groups is 1. The van der Waals surface area contributed by atoms with Crippen LogP contribution in [0.3, 0.4) is 0 Å². The highest BCUT2D eigenvalue weighted by atomic mass is 16.5. The molecule has 0 saturated heterocycles. The minimum Gasteiger partial charge on any atom is -0.493 e. The van der Waals surface area contributed by atoms with Crippen molar-refractivity contribution >= 4 is 5.78 Å². The van der Waals surface area contributed by atoms with Crippen molar-refractivity contribution in [1.82, 2.24) is 4.98 Å². The molecule has 0 bridgehead atoms. The molecule has 3 nitrogen and oxygen atoms in total. The molecule has 0 aliphatic rings. The molecule has 0 radical (unpaired) electrons. The second-order valence-electron chi connectivity index (χ2n) is 4.45. The molecule has 1 aromatic heterocycles. The maximum absolute atomic E-state index is 11.7. The Bertz CT molecular complexity index is 537. The molecule has 2 aromatic rings. The molecule has 2 rings (SSSR count). The average molecular weight is 255 g/mol. The molecule has 1 aromatic carbocycles. The van der Waals surface area contributed by atoms with Crippen LogP contribution in [-0.4, -0.2) is 17.4 Å². The fraction of sp³-hybridized carbons (Fsp3) is 0.250. The Kier molecular flexibility index (Phi) is 4.67. The normalized spacial score (nSPS) is 10.2. The highest BCUT2D eigenvalue weighted by molar-refractivity contribution is 5.80. The fourth-order valence-electron chi connectivity index (χ4n) is 1.78. The van der Waals surface area contributed by atoms with Crippen LogP contribution in [0.5, 0.6) is 5.75 Å². The van der Waals surface area contributed by atoms with Crippen molar-refractivity contribution in [3.05, 3.63) is 59.9 Å². The van der Waals surface area contributed by atoms with E-state index in [9.17, 15) is 4.79 Å². The zero-order chi connectivity index (χ0) is 13.5. The number of aryl methyl sites for hydroxylation is 1. The van der Waals surface area contributed by atoms with E-state index >= 15 is 0 Å². The van der Waals surface area contributed by atoms with Gasteiger partial charge in [-0.15, -0.1) is 0 Å². The van der Waals surface area contributed by atoms with Crippen molar-refractivity contribution in [2.24, 2.45) is 0 Å². The largest absolute Gasteiger partial charge is 0.493 e. The molecular formula is C16H17NO2. The number of pyridine rings is 1. The first-order valence-corrected chi connectivity index (χ1v) is 6.35. The van der Waals surface area contributed by atoms with E-state index in [1.165, 1.54) is 0 Å². The quantitative estimate of drug-likeness (QED) is 0.796. The molecule has 19 heavy (non-hydrogen) atoms. The van der Waals surface area contributed by atoms with E-state index in [2.05, 4.69) is 4.98 Å². The molecule has 0 spiro atoms. The van der Waals surface area contributed by atoms with Gasteiger partial charge in [-0.3, -0.25) is 9.78 Å². The Morgan fingerprint density at radius 2 is 2.11 bits per heavy atom. The third-order valence-corrected chi connectivity index (χ3v) is 2.74. The molecule has 0 aliphatic heterocycles. The number of nitrogens with zero attached hydrogens (tertiary/aromatic N) is 1. The average Bonchev–Trinajstić information content (AvgIpc) is 2.40. The first-order chi connectivity index (χ1) is 9.24. The Hall–Kier alpha value is -2.16. The third kappa shape index (κ3) is 4.54. The summed E-state index contributed by atoms with van der Waals surface area (Å²) in [5, 5.41) is 0. The van der Waals surface area contributed by atoms with Crippen LogP contribution >= 0.6 is 0 Å². The van der Waals surface area contributed by atoms with Gasteiger partial charge in [0.15, 0.2) is 0 Å². The number of Topliss-reactive ketones (excluding diaryl/α,β-unsaturated/α-hetero) is 1. The van der Waals surface area contributed by atoms with Gasteiger partial charge in [0.05, 0.1) is 6.61 Å². The van der Waals surface area contributed by atoms with Crippen LogP contribution in [0.25, 0.3) is 0 Å². The highest BCUT2D eigenvalue weighted by Gasteiger charge is 2.05. The standard InChI is InChI=1S/C16H17NO2/c1-13-5-4-7-16(11-13)19-10-8-15(18)12-14-6-2-3-9-17-14/h2-7,9,11H,8,10,12H2,1H3. The van der Waals surface area contributed by atoms with Crippen LogP contribution < -0.4 is 4.74 Å². The second-order valence-corrected chi connectivity index (χ2v) is 4.45. The lowest BCUT2D eigenvalue weighted by molar-refractivity contribution is -0.118. The van der Waals surface area contributed by atoms with E-state index < -0.39 is 0 Å². The molecule has 98 valence electrons. The van der Waals surface area contributed by atoms with Crippen molar-refractivity contribution in [3.8, 4) is 5.75 Å². The van der Waals surface area contributed by atoms with Gasteiger partial charge in [0, 0.05) is 24.7 Å². The summed E-state index contributed by atoms with van der Waals surface area (Å²) in [6.45, 7) is 2.42. The summed E-state index contributed by atoms with van der Waals surface area (Å²) in [4.78, 5) is 15.9. The first kappa shape index (κ1) is 13.3. The van der Waals surface area contributed by atoms with E-state index in [1.807, 2.05) is 49.4 Å². The van der Waals surface area contributed by atoms with Crippen LogP contribution in [0.2, 0.25) is 0 Å². The van der Waals surface area contributed by atoms with Gasteiger partial charge in [-0.2, -0.15) is 0 Å². The van der Waals surface area contributed by atoms with Gasteiger partial charge in [0.2, 0.25) is 0 Å². The molecule has 0 N–H and O–H groups in total.